The number of nitrogens with zero attached hydrogens (tertiary/aromatic N) is 2. The average molecular weight is 519 g/mol. The average Bonchev–Trinajstić information content (AvgIpc) is 3.48. The number of furan rings is 1. The summed E-state index contributed by atoms with van der Waals surface area (Å²) in [5.41, 5.74) is 1.93. The fraction of sp³-hybridized carbons (Fsp3) is 0.179. The van der Waals surface area contributed by atoms with E-state index in [0.29, 0.717) is 37.9 Å². The Hall–Kier alpha value is -4.24. The summed E-state index contributed by atoms with van der Waals surface area (Å²) >= 11 is 1.21. The first-order valence-electron chi connectivity index (χ1n) is 11.6. The van der Waals surface area contributed by atoms with Gasteiger partial charge in [0.05, 0.1) is 35.6 Å². The molecule has 0 radical (unpaired) electrons. The summed E-state index contributed by atoms with van der Waals surface area (Å²) < 4.78 is 31.7. The molecule has 0 bridgehead atoms. The van der Waals surface area contributed by atoms with Gasteiger partial charge in [0, 0.05) is 11.6 Å². The second-order valence-corrected chi connectivity index (χ2v) is 9.29. The third-order valence-electron chi connectivity index (χ3n) is 5.98. The van der Waals surface area contributed by atoms with Crippen LogP contribution in [0.2, 0.25) is 0 Å². The highest BCUT2D eigenvalue weighted by Gasteiger charge is 2.33. The van der Waals surface area contributed by atoms with E-state index >= 15 is 0 Å². The lowest BCUT2D eigenvalue weighted by molar-refractivity contribution is -0.139. The van der Waals surface area contributed by atoms with Gasteiger partial charge in [-0.25, -0.2) is 14.2 Å². The smallest absolute Gasteiger partial charge is 0.338 e. The zero-order valence-electron chi connectivity index (χ0n) is 20.4. The second kappa shape index (κ2) is 10.0. The number of carbonyl (C=O) groups excluding carboxylic acids is 1. The molecule has 1 aliphatic heterocycles. The normalized spacial score (nSPS) is 15.4. The number of hydrogen-bond acceptors (Lipinski definition) is 7. The molecule has 3 heterocycles. The predicted octanol–water partition coefficient (Wildman–Crippen LogP) is 4.21. The van der Waals surface area contributed by atoms with Gasteiger partial charge in [-0.1, -0.05) is 23.5 Å². The molecule has 188 valence electrons. The van der Waals surface area contributed by atoms with Crippen molar-refractivity contribution in [2.24, 2.45) is 4.99 Å². The topological polar surface area (TPSA) is 83.0 Å². The molecule has 2 aromatic heterocycles. The van der Waals surface area contributed by atoms with E-state index in [2.05, 4.69) is 4.99 Å². The van der Waals surface area contributed by atoms with E-state index in [9.17, 15) is 14.0 Å². The van der Waals surface area contributed by atoms with Crippen LogP contribution in [0.25, 0.3) is 17.4 Å². The molecule has 37 heavy (non-hydrogen) atoms. The molecule has 4 aromatic rings. The molecular weight excluding hydrogens is 495 g/mol. The van der Waals surface area contributed by atoms with Gasteiger partial charge in [0.25, 0.3) is 5.56 Å². The van der Waals surface area contributed by atoms with Crippen molar-refractivity contribution in [3.8, 4) is 17.1 Å². The molecule has 1 aliphatic rings. The standard InChI is InChI=1S/C28H23FN2O5S/c1-4-35-27(33)24-16(2)30-28-31(25(24)18-7-11-20(34-3)12-8-18)26(32)23(37-28)15-21-13-14-22(36-21)17-5-9-19(29)10-6-17/h5-15,25H,4H2,1-3H3/b23-15-. The number of hydrogen-bond donors (Lipinski definition) is 0. The van der Waals surface area contributed by atoms with E-state index in [-0.39, 0.29) is 18.0 Å². The van der Waals surface area contributed by atoms with Gasteiger partial charge in [0.2, 0.25) is 0 Å². The molecular formula is C28H23FN2O5S. The number of rotatable bonds is 6. The molecule has 0 amide bonds. The monoisotopic (exact) mass is 518 g/mol. The summed E-state index contributed by atoms with van der Waals surface area (Å²) in [6.45, 7) is 3.67. The zero-order valence-corrected chi connectivity index (χ0v) is 21.2. The van der Waals surface area contributed by atoms with Gasteiger partial charge < -0.3 is 13.9 Å². The van der Waals surface area contributed by atoms with Gasteiger partial charge in [-0.3, -0.25) is 9.36 Å². The summed E-state index contributed by atoms with van der Waals surface area (Å²) in [7, 11) is 1.57. The SMILES string of the molecule is CCOC(=O)C1=C(C)N=c2s/c(=C\c3ccc(-c4ccc(F)cc4)o3)c(=O)n2C1c1ccc(OC)cc1. The summed E-state index contributed by atoms with van der Waals surface area (Å²) in [5.74, 6) is 0.821. The first-order valence-corrected chi connectivity index (χ1v) is 12.4. The Kier molecular flexibility index (Phi) is 6.62. The molecule has 9 heteroatoms. The minimum absolute atomic E-state index is 0.199. The molecule has 7 nitrogen and oxygen atoms in total. The van der Waals surface area contributed by atoms with Crippen LogP contribution in [0.15, 0.2) is 86.1 Å². The molecule has 0 saturated heterocycles. The highest BCUT2D eigenvalue weighted by molar-refractivity contribution is 7.07. The highest BCUT2D eigenvalue weighted by Crippen LogP contribution is 2.31. The summed E-state index contributed by atoms with van der Waals surface area (Å²) in [6.07, 6.45) is 1.64. The Morgan fingerprint density at radius 2 is 1.86 bits per heavy atom. The van der Waals surface area contributed by atoms with Gasteiger partial charge in [0.15, 0.2) is 4.80 Å². The molecule has 0 saturated carbocycles. The molecule has 0 aliphatic carbocycles. The van der Waals surface area contributed by atoms with Crippen molar-refractivity contribution in [2.45, 2.75) is 19.9 Å². The molecule has 1 atom stereocenters. The van der Waals surface area contributed by atoms with Crippen molar-refractivity contribution in [3.05, 3.63) is 109 Å². The number of thiazole rings is 1. The van der Waals surface area contributed by atoms with Crippen LogP contribution in [0.5, 0.6) is 5.75 Å². The van der Waals surface area contributed by atoms with E-state index in [1.807, 2.05) is 12.1 Å². The Morgan fingerprint density at radius 1 is 1.14 bits per heavy atom. The van der Waals surface area contributed by atoms with Crippen molar-refractivity contribution < 1.29 is 23.1 Å². The zero-order chi connectivity index (χ0) is 26.1. The first-order chi connectivity index (χ1) is 17.9. The van der Waals surface area contributed by atoms with Crippen LogP contribution in [0.3, 0.4) is 0 Å². The maximum Gasteiger partial charge on any atom is 0.338 e. The van der Waals surface area contributed by atoms with E-state index in [4.69, 9.17) is 13.9 Å². The third-order valence-corrected chi connectivity index (χ3v) is 6.96. The van der Waals surface area contributed by atoms with Crippen LogP contribution in [0.4, 0.5) is 4.39 Å². The van der Waals surface area contributed by atoms with Crippen LogP contribution >= 0.6 is 11.3 Å². The molecule has 0 spiro atoms. The quantitative estimate of drug-likeness (QED) is 0.357. The van der Waals surface area contributed by atoms with E-state index < -0.39 is 12.0 Å². The van der Waals surface area contributed by atoms with Crippen molar-refractivity contribution in [3.63, 3.8) is 0 Å². The second-order valence-electron chi connectivity index (χ2n) is 8.28. The van der Waals surface area contributed by atoms with E-state index in [1.54, 1.807) is 63.4 Å². The van der Waals surface area contributed by atoms with Gasteiger partial charge in [0.1, 0.15) is 23.1 Å². The lowest BCUT2D eigenvalue weighted by Gasteiger charge is -2.24. The summed E-state index contributed by atoms with van der Waals surface area (Å²) in [5, 5.41) is 0. The van der Waals surface area contributed by atoms with Crippen LogP contribution in [0.1, 0.15) is 31.2 Å². The Labute approximate surface area is 215 Å². The maximum absolute atomic E-state index is 13.7. The molecule has 1 unspecified atom stereocenters. The molecule has 0 N–H and O–H groups in total. The van der Waals surface area contributed by atoms with Crippen LogP contribution in [0, 0.1) is 5.82 Å². The highest BCUT2D eigenvalue weighted by atomic mass is 32.1. The van der Waals surface area contributed by atoms with Gasteiger partial charge >= 0.3 is 5.97 Å². The lowest BCUT2D eigenvalue weighted by atomic mass is 9.96. The fourth-order valence-corrected chi connectivity index (χ4v) is 5.25. The summed E-state index contributed by atoms with van der Waals surface area (Å²) in [4.78, 5) is 31.7. The number of ether oxygens (including phenoxy) is 2. The first kappa shape index (κ1) is 24.5. The lowest BCUT2D eigenvalue weighted by Crippen LogP contribution is -2.39. The van der Waals surface area contributed by atoms with Crippen molar-refractivity contribution in [1.82, 2.24) is 4.57 Å². The number of benzene rings is 2. The van der Waals surface area contributed by atoms with E-state index in [1.165, 1.54) is 28.0 Å². The van der Waals surface area contributed by atoms with Crippen LogP contribution in [-0.2, 0) is 9.53 Å². The van der Waals surface area contributed by atoms with Crippen LogP contribution in [-0.4, -0.2) is 24.3 Å². The Morgan fingerprint density at radius 3 is 2.54 bits per heavy atom. The minimum atomic E-state index is -0.713. The van der Waals surface area contributed by atoms with Gasteiger partial charge in [-0.2, -0.15) is 0 Å². The third kappa shape index (κ3) is 4.65. The largest absolute Gasteiger partial charge is 0.497 e. The van der Waals surface area contributed by atoms with Gasteiger partial charge in [-0.05, 0) is 67.9 Å². The molecule has 5 rings (SSSR count). The van der Waals surface area contributed by atoms with Crippen molar-refractivity contribution in [2.75, 3.05) is 13.7 Å². The van der Waals surface area contributed by atoms with Crippen molar-refractivity contribution in [1.29, 1.82) is 0 Å². The van der Waals surface area contributed by atoms with Gasteiger partial charge in [-0.15, -0.1) is 0 Å². The number of halogens is 1. The predicted molar refractivity (Wildman–Crippen MR) is 137 cm³/mol. The van der Waals surface area contributed by atoms with Crippen molar-refractivity contribution >= 4 is 23.4 Å². The maximum atomic E-state index is 13.7. The number of methoxy groups -OCH3 is 1. The Bertz CT molecular complexity index is 1680. The molecule has 0 fully saturated rings. The number of esters is 1. The van der Waals surface area contributed by atoms with E-state index in [0.717, 1.165) is 11.1 Å². The Balaban J connectivity index is 1.62. The van der Waals surface area contributed by atoms with Crippen LogP contribution < -0.4 is 19.6 Å². The number of carbonyl (C=O) groups is 1. The minimum Gasteiger partial charge on any atom is -0.497 e. The molecule has 2 aromatic carbocycles. The fourth-order valence-electron chi connectivity index (χ4n) is 4.22. The number of fused-ring (bicyclic) bond motifs is 1. The summed E-state index contributed by atoms with van der Waals surface area (Å²) in [6, 6.07) is 16.0. The number of aromatic nitrogens is 1. The number of allylic oxidation sites excluding steroid dienone is 1.